The molecule has 3 rings (SSSR count). The van der Waals surface area contributed by atoms with Gasteiger partial charge >= 0.3 is 0 Å². The van der Waals surface area contributed by atoms with Gasteiger partial charge in [0, 0.05) is 21.4 Å². The summed E-state index contributed by atoms with van der Waals surface area (Å²) in [4.78, 5) is 1.20. The molecule has 1 N–H and O–H groups in total. The second kappa shape index (κ2) is 8.52. The Labute approximate surface area is 164 Å². The summed E-state index contributed by atoms with van der Waals surface area (Å²) >= 11 is 7.81. The molecule has 1 atom stereocenters. The fraction of sp³-hybridized carbons (Fsp3) is 0.182. The average molecular weight is 384 g/mol. The lowest BCUT2D eigenvalue weighted by molar-refractivity contribution is 0.415. The van der Waals surface area contributed by atoms with E-state index in [9.17, 15) is 0 Å². The Morgan fingerprint density at radius 3 is 2.19 bits per heavy atom. The Morgan fingerprint density at radius 2 is 1.58 bits per heavy atom. The number of ether oxygens (including phenoxy) is 1. The zero-order valence-corrected chi connectivity index (χ0v) is 16.5. The highest BCUT2D eigenvalue weighted by Gasteiger charge is 2.26. The van der Waals surface area contributed by atoms with E-state index in [0.29, 0.717) is 0 Å². The van der Waals surface area contributed by atoms with Gasteiger partial charge in [0.25, 0.3) is 0 Å². The van der Waals surface area contributed by atoms with Gasteiger partial charge in [-0.15, -0.1) is 11.8 Å². The van der Waals surface area contributed by atoms with Crippen LogP contribution in [0.1, 0.15) is 12.5 Å². The Morgan fingerprint density at radius 1 is 0.923 bits per heavy atom. The first-order valence-corrected chi connectivity index (χ1v) is 9.81. The molecule has 0 aliphatic carbocycles. The van der Waals surface area contributed by atoms with Crippen molar-refractivity contribution >= 4 is 29.1 Å². The molecule has 0 aliphatic rings. The predicted molar refractivity (Wildman–Crippen MR) is 113 cm³/mol. The minimum absolute atomic E-state index is 0.222. The summed E-state index contributed by atoms with van der Waals surface area (Å²) in [5.41, 5.74) is 2.09. The van der Waals surface area contributed by atoms with Gasteiger partial charge in [-0.3, -0.25) is 0 Å². The Hall–Kier alpha value is -2.10. The molecule has 134 valence electrons. The molecule has 0 saturated heterocycles. The fourth-order valence-electron chi connectivity index (χ4n) is 2.75. The van der Waals surface area contributed by atoms with Crippen molar-refractivity contribution in [3.8, 4) is 5.75 Å². The van der Waals surface area contributed by atoms with E-state index in [-0.39, 0.29) is 5.54 Å². The van der Waals surface area contributed by atoms with Crippen LogP contribution in [0.3, 0.4) is 0 Å². The van der Waals surface area contributed by atoms with Gasteiger partial charge in [0.2, 0.25) is 0 Å². The molecule has 3 aromatic carbocycles. The van der Waals surface area contributed by atoms with E-state index >= 15 is 0 Å². The van der Waals surface area contributed by atoms with E-state index in [1.165, 1.54) is 10.5 Å². The largest absolute Gasteiger partial charge is 0.497 e. The SMILES string of the molecule is COc1ccc(NC(C)(CSc2ccc(Cl)cc2)c2ccccc2)cc1. The monoisotopic (exact) mass is 383 g/mol. The molecule has 0 aliphatic heterocycles. The second-order valence-electron chi connectivity index (χ2n) is 6.29. The number of thioether (sulfide) groups is 1. The topological polar surface area (TPSA) is 21.3 Å². The van der Waals surface area contributed by atoms with Crippen LogP contribution in [0.2, 0.25) is 5.02 Å². The molecule has 0 fully saturated rings. The van der Waals surface area contributed by atoms with Gasteiger partial charge < -0.3 is 10.1 Å². The number of anilines is 1. The fourth-order valence-corrected chi connectivity index (χ4v) is 3.90. The maximum absolute atomic E-state index is 6.00. The van der Waals surface area contributed by atoms with Gasteiger partial charge in [-0.2, -0.15) is 0 Å². The number of hydrogen-bond donors (Lipinski definition) is 1. The highest BCUT2D eigenvalue weighted by Crippen LogP contribution is 2.33. The van der Waals surface area contributed by atoms with Crippen LogP contribution < -0.4 is 10.1 Å². The number of benzene rings is 3. The Bertz CT molecular complexity index is 821. The quantitative estimate of drug-likeness (QED) is 0.472. The third-order valence-electron chi connectivity index (χ3n) is 4.26. The molecule has 26 heavy (non-hydrogen) atoms. The van der Waals surface area contributed by atoms with E-state index in [1.807, 2.05) is 54.2 Å². The van der Waals surface area contributed by atoms with E-state index in [0.717, 1.165) is 22.2 Å². The maximum atomic E-state index is 6.00. The lowest BCUT2D eigenvalue weighted by atomic mass is 9.93. The van der Waals surface area contributed by atoms with Crippen molar-refractivity contribution in [3.05, 3.63) is 89.4 Å². The van der Waals surface area contributed by atoms with Crippen molar-refractivity contribution in [2.45, 2.75) is 17.4 Å². The van der Waals surface area contributed by atoms with Crippen LogP contribution in [0.4, 0.5) is 5.69 Å². The average Bonchev–Trinajstić information content (AvgIpc) is 2.69. The number of hydrogen-bond acceptors (Lipinski definition) is 3. The van der Waals surface area contributed by atoms with Crippen molar-refractivity contribution in [1.82, 2.24) is 0 Å². The minimum atomic E-state index is -0.222. The van der Waals surface area contributed by atoms with Gasteiger partial charge in [-0.25, -0.2) is 0 Å². The first-order valence-electron chi connectivity index (χ1n) is 8.45. The molecule has 0 saturated carbocycles. The maximum Gasteiger partial charge on any atom is 0.119 e. The van der Waals surface area contributed by atoms with E-state index in [2.05, 4.69) is 48.6 Å². The normalized spacial score (nSPS) is 13.0. The number of rotatable bonds is 7. The molecular weight excluding hydrogens is 362 g/mol. The van der Waals surface area contributed by atoms with Gasteiger partial charge in [0.05, 0.1) is 12.6 Å². The van der Waals surface area contributed by atoms with Crippen LogP contribution in [-0.4, -0.2) is 12.9 Å². The van der Waals surface area contributed by atoms with Crippen molar-refractivity contribution in [1.29, 1.82) is 0 Å². The molecule has 4 heteroatoms. The van der Waals surface area contributed by atoms with Gasteiger partial charge in [0.15, 0.2) is 0 Å². The van der Waals surface area contributed by atoms with Crippen molar-refractivity contribution in [2.75, 3.05) is 18.2 Å². The summed E-state index contributed by atoms with van der Waals surface area (Å²) in [7, 11) is 1.68. The molecule has 2 nitrogen and oxygen atoms in total. The first kappa shape index (κ1) is 18.7. The zero-order valence-electron chi connectivity index (χ0n) is 14.9. The van der Waals surface area contributed by atoms with E-state index < -0.39 is 0 Å². The molecule has 0 bridgehead atoms. The van der Waals surface area contributed by atoms with Crippen LogP contribution in [0.5, 0.6) is 5.75 Å². The Balaban J connectivity index is 1.82. The summed E-state index contributed by atoms with van der Waals surface area (Å²) in [5, 5.41) is 4.46. The summed E-state index contributed by atoms with van der Waals surface area (Å²) in [6, 6.07) is 26.6. The van der Waals surface area contributed by atoms with Gasteiger partial charge in [-0.05, 0) is 61.0 Å². The Kier molecular flexibility index (Phi) is 6.12. The van der Waals surface area contributed by atoms with Gasteiger partial charge in [0.1, 0.15) is 5.75 Å². The molecule has 1 unspecified atom stereocenters. The molecule has 0 aromatic heterocycles. The van der Waals surface area contributed by atoms with Crippen LogP contribution in [-0.2, 0) is 5.54 Å². The third-order valence-corrected chi connectivity index (χ3v) is 5.84. The van der Waals surface area contributed by atoms with Gasteiger partial charge in [-0.1, -0.05) is 41.9 Å². The highest BCUT2D eigenvalue weighted by molar-refractivity contribution is 7.99. The second-order valence-corrected chi connectivity index (χ2v) is 7.78. The van der Waals surface area contributed by atoms with Crippen LogP contribution in [0.25, 0.3) is 0 Å². The first-order chi connectivity index (χ1) is 12.6. The summed E-state index contributed by atoms with van der Waals surface area (Å²) in [6.07, 6.45) is 0. The number of nitrogens with one attached hydrogen (secondary N) is 1. The summed E-state index contributed by atoms with van der Waals surface area (Å²) < 4.78 is 5.26. The number of halogens is 1. The van der Waals surface area contributed by atoms with Crippen LogP contribution in [0.15, 0.2) is 83.8 Å². The van der Waals surface area contributed by atoms with Crippen LogP contribution >= 0.6 is 23.4 Å². The van der Waals surface area contributed by atoms with E-state index in [1.54, 1.807) is 7.11 Å². The van der Waals surface area contributed by atoms with Crippen molar-refractivity contribution in [3.63, 3.8) is 0 Å². The molecule has 0 heterocycles. The summed E-state index contributed by atoms with van der Waals surface area (Å²) in [5.74, 6) is 1.73. The predicted octanol–water partition coefficient (Wildman–Crippen LogP) is 6.47. The standard InChI is InChI=1S/C22H22ClNOS/c1-22(17-6-4-3-5-7-17,16-26-21-14-8-18(23)9-15-21)24-19-10-12-20(25-2)13-11-19/h3-15,24H,16H2,1-2H3. The number of methoxy groups -OCH3 is 1. The zero-order chi connectivity index (χ0) is 18.4. The van der Waals surface area contributed by atoms with Crippen LogP contribution in [0, 0.1) is 0 Å². The highest BCUT2D eigenvalue weighted by atomic mass is 35.5. The van der Waals surface area contributed by atoms with Crippen molar-refractivity contribution in [2.24, 2.45) is 0 Å². The molecule has 0 amide bonds. The van der Waals surface area contributed by atoms with E-state index in [4.69, 9.17) is 16.3 Å². The van der Waals surface area contributed by atoms with Crippen molar-refractivity contribution < 1.29 is 4.74 Å². The third kappa shape index (κ3) is 4.75. The lowest BCUT2D eigenvalue weighted by Gasteiger charge is -2.32. The molecule has 0 spiro atoms. The smallest absolute Gasteiger partial charge is 0.119 e. The molecular formula is C22H22ClNOS. The lowest BCUT2D eigenvalue weighted by Crippen LogP contribution is -2.34. The molecule has 0 radical (unpaired) electrons. The molecule has 3 aromatic rings. The minimum Gasteiger partial charge on any atom is -0.497 e. The summed E-state index contributed by atoms with van der Waals surface area (Å²) in [6.45, 7) is 2.23.